The molecule has 2 aliphatic rings. The molecule has 3 rings (SSSR count). The second-order valence-electron chi connectivity index (χ2n) is 22.7. The van der Waals surface area contributed by atoms with Crippen LogP contribution in [-0.2, 0) is 48.5 Å². The van der Waals surface area contributed by atoms with Crippen LogP contribution in [0.2, 0.25) is 54.4 Å². The van der Waals surface area contributed by atoms with E-state index in [4.69, 9.17) is 41.8 Å². The number of hydrogen-bond donors (Lipinski definition) is 0. The molecule has 14 heteroatoms. The summed E-state index contributed by atoms with van der Waals surface area (Å²) in [6.07, 6.45) is -1.48. The molecule has 0 radical (unpaired) electrons. The zero-order valence-corrected chi connectivity index (χ0v) is 44.9. The van der Waals surface area contributed by atoms with Gasteiger partial charge in [0.05, 0.1) is 58.3 Å². The highest BCUT2D eigenvalue weighted by atomic mass is 28.4. The number of rotatable bonds is 20. The summed E-state index contributed by atoms with van der Waals surface area (Å²) in [7, 11) is -2.22. The van der Waals surface area contributed by atoms with E-state index in [9.17, 15) is 4.79 Å². The van der Waals surface area contributed by atoms with Crippen LogP contribution in [0.25, 0.3) is 0 Å². The van der Waals surface area contributed by atoms with E-state index in [-0.39, 0.29) is 51.3 Å². The molecular weight excluding hydrogens is 811 g/mol. The summed E-state index contributed by atoms with van der Waals surface area (Å²) in [4.78, 5) is 19.1. The second kappa shape index (κ2) is 19.5. The van der Waals surface area contributed by atoms with Crippen LogP contribution in [0.15, 0.2) is 24.3 Å². The number of nitrogens with zero attached hydrogens (tertiary/aromatic N) is 1. The van der Waals surface area contributed by atoms with Crippen molar-refractivity contribution in [2.75, 3.05) is 41.1 Å². The molecule has 0 spiro atoms. The monoisotopic (exact) mass is 898 g/mol. The third-order valence-electron chi connectivity index (χ3n) is 14.5. The van der Waals surface area contributed by atoms with Gasteiger partial charge in [-0.15, -0.1) is 0 Å². The van der Waals surface area contributed by atoms with Gasteiger partial charge in [-0.05, 0) is 92.9 Å². The maximum absolute atomic E-state index is 13.7. The summed E-state index contributed by atoms with van der Waals surface area (Å²) < 4.78 is 54.7. The van der Waals surface area contributed by atoms with Crippen LogP contribution in [0.1, 0.15) is 102 Å². The highest BCUT2D eigenvalue weighted by Gasteiger charge is 2.66. The number of carbonyl (C=O) groups excluding carboxylic acids is 1. The molecular formula is C46H87NO10Si3. The van der Waals surface area contributed by atoms with Gasteiger partial charge in [0.1, 0.15) is 11.4 Å². The Kier molecular flexibility index (Phi) is 17.3. The van der Waals surface area contributed by atoms with Crippen LogP contribution < -0.4 is 4.74 Å². The molecule has 0 aliphatic carbocycles. The predicted octanol–water partition coefficient (Wildman–Crippen LogP) is 10.6. The standard InChI is InChI=1S/C46H87NO10Si3/c1-32(28-51-29-33-23-25-34(49-15)26-24-33)40-46(13,56-40)41(57-60(21,22)44(8,9)10)36(31-53-59(19,20)43(5,6)7)39-35(30-52-58(17,18)42(2,3)4)37(54-45(11,12)55-39)27-38(48)47(14)50-16/h23-26,32,35-37,39-41H,27-31H2,1-22H3/t32-,35+,36-,37+,39+,40+,41-,46+/m0/s1. The fraction of sp³-hybridized carbons (Fsp3) is 0.848. The average molecular weight is 898 g/mol. The Morgan fingerprint density at radius 2 is 1.32 bits per heavy atom. The van der Waals surface area contributed by atoms with Crippen LogP contribution in [-0.4, -0.2) is 113 Å². The molecule has 2 fully saturated rings. The van der Waals surface area contributed by atoms with Crippen molar-refractivity contribution in [2.45, 2.75) is 193 Å². The first-order chi connectivity index (χ1) is 27.1. The van der Waals surface area contributed by atoms with Crippen molar-refractivity contribution in [1.29, 1.82) is 0 Å². The maximum Gasteiger partial charge on any atom is 0.248 e. The Balaban J connectivity index is 2.20. The van der Waals surface area contributed by atoms with Gasteiger partial charge in [0.2, 0.25) is 5.91 Å². The number of hydroxylamine groups is 2. The molecule has 2 saturated heterocycles. The maximum atomic E-state index is 13.7. The second-order valence-corrected chi connectivity index (χ2v) is 37.1. The lowest BCUT2D eigenvalue weighted by molar-refractivity contribution is -0.338. The smallest absolute Gasteiger partial charge is 0.248 e. The minimum atomic E-state index is -2.47. The Morgan fingerprint density at radius 1 is 0.783 bits per heavy atom. The normalized spacial score (nSPS) is 25.7. The van der Waals surface area contributed by atoms with Crippen molar-refractivity contribution in [3.8, 4) is 5.75 Å². The first kappa shape index (κ1) is 53.2. The van der Waals surface area contributed by atoms with E-state index in [2.05, 4.69) is 115 Å². The van der Waals surface area contributed by atoms with E-state index < -0.39 is 54.7 Å². The van der Waals surface area contributed by atoms with Crippen LogP contribution >= 0.6 is 0 Å². The highest BCUT2D eigenvalue weighted by Crippen LogP contribution is 2.53. The minimum Gasteiger partial charge on any atom is -0.497 e. The van der Waals surface area contributed by atoms with Gasteiger partial charge in [0.15, 0.2) is 30.7 Å². The number of hydrogen-bond acceptors (Lipinski definition) is 10. The molecule has 11 nitrogen and oxygen atoms in total. The van der Waals surface area contributed by atoms with Crippen LogP contribution in [0.3, 0.4) is 0 Å². The van der Waals surface area contributed by atoms with Crippen LogP contribution in [0.5, 0.6) is 5.75 Å². The number of benzene rings is 1. The van der Waals surface area contributed by atoms with Crippen molar-refractivity contribution >= 4 is 30.9 Å². The molecule has 1 amide bonds. The molecule has 0 aromatic heterocycles. The van der Waals surface area contributed by atoms with Crippen molar-refractivity contribution in [1.82, 2.24) is 5.06 Å². The average Bonchev–Trinajstić information content (AvgIpc) is 3.81. The van der Waals surface area contributed by atoms with Crippen molar-refractivity contribution in [3.63, 3.8) is 0 Å². The summed E-state index contributed by atoms with van der Waals surface area (Å²) in [5.74, 6) is -0.977. The van der Waals surface area contributed by atoms with E-state index in [1.54, 1.807) is 14.2 Å². The number of ether oxygens (including phenoxy) is 5. The molecule has 1 aromatic carbocycles. The minimum absolute atomic E-state index is 0.0350. The van der Waals surface area contributed by atoms with Crippen molar-refractivity contribution in [3.05, 3.63) is 29.8 Å². The topological polar surface area (TPSA) is 107 Å². The first-order valence-electron chi connectivity index (χ1n) is 22.1. The number of amides is 1. The van der Waals surface area contributed by atoms with E-state index in [0.29, 0.717) is 26.4 Å². The summed E-state index contributed by atoms with van der Waals surface area (Å²) in [5, 5.41) is 1.11. The lowest BCUT2D eigenvalue weighted by Crippen LogP contribution is -2.62. The molecule has 348 valence electrons. The van der Waals surface area contributed by atoms with Crippen molar-refractivity contribution < 1.29 is 46.6 Å². The summed E-state index contributed by atoms with van der Waals surface area (Å²) in [6, 6.07) is 7.98. The fourth-order valence-corrected chi connectivity index (χ4v) is 10.6. The molecule has 2 aliphatic heterocycles. The number of epoxide rings is 1. The first-order valence-corrected chi connectivity index (χ1v) is 30.9. The fourth-order valence-electron chi connectivity index (χ4n) is 7.15. The molecule has 2 heterocycles. The van der Waals surface area contributed by atoms with E-state index in [1.807, 2.05) is 38.1 Å². The molecule has 0 unspecified atom stereocenters. The van der Waals surface area contributed by atoms with Gasteiger partial charge in [-0.2, -0.15) is 0 Å². The van der Waals surface area contributed by atoms with Crippen LogP contribution in [0, 0.1) is 17.8 Å². The Bertz CT molecular complexity index is 1530. The van der Waals surface area contributed by atoms with E-state index >= 15 is 0 Å². The Morgan fingerprint density at radius 3 is 1.82 bits per heavy atom. The Labute approximate surface area is 368 Å². The van der Waals surface area contributed by atoms with Gasteiger partial charge in [-0.25, -0.2) is 5.06 Å². The number of methoxy groups -OCH3 is 1. The molecule has 0 N–H and O–H groups in total. The van der Waals surface area contributed by atoms with Gasteiger partial charge in [-0.1, -0.05) is 81.4 Å². The zero-order valence-electron chi connectivity index (χ0n) is 41.9. The molecule has 8 atom stereocenters. The molecule has 1 aromatic rings. The third kappa shape index (κ3) is 13.2. The van der Waals surface area contributed by atoms with E-state index in [1.165, 1.54) is 12.2 Å². The van der Waals surface area contributed by atoms with Gasteiger partial charge < -0.3 is 37.0 Å². The lowest BCUT2D eigenvalue weighted by Gasteiger charge is -2.52. The molecule has 0 bridgehead atoms. The summed E-state index contributed by atoms with van der Waals surface area (Å²) in [5.41, 5.74) is 0.400. The predicted molar refractivity (Wildman–Crippen MR) is 249 cm³/mol. The van der Waals surface area contributed by atoms with Gasteiger partial charge in [-0.3, -0.25) is 9.63 Å². The molecule has 60 heavy (non-hydrogen) atoms. The largest absolute Gasteiger partial charge is 0.497 e. The summed E-state index contributed by atoms with van der Waals surface area (Å²) in [6.45, 7) is 44.1. The van der Waals surface area contributed by atoms with Crippen LogP contribution in [0.4, 0.5) is 0 Å². The third-order valence-corrected chi connectivity index (χ3v) is 27.9. The Hall–Kier alpha value is -1.18. The summed E-state index contributed by atoms with van der Waals surface area (Å²) >= 11 is 0. The lowest BCUT2D eigenvalue weighted by atomic mass is 9.77. The highest BCUT2D eigenvalue weighted by molar-refractivity contribution is 6.75. The quantitative estimate of drug-likeness (QED) is 0.0713. The van der Waals surface area contributed by atoms with Crippen molar-refractivity contribution in [2.24, 2.45) is 17.8 Å². The number of carbonyl (C=O) groups is 1. The zero-order chi connectivity index (χ0) is 46.1. The van der Waals surface area contributed by atoms with Gasteiger partial charge in [0.25, 0.3) is 0 Å². The van der Waals surface area contributed by atoms with E-state index in [0.717, 1.165) is 11.3 Å². The van der Waals surface area contributed by atoms with Gasteiger partial charge in [0, 0.05) is 38.0 Å². The molecule has 0 saturated carbocycles. The van der Waals surface area contributed by atoms with Gasteiger partial charge >= 0.3 is 0 Å². The SMILES string of the molecule is COc1ccc(COC[C@H](C)[C@H]2O[C@@]2(C)[C@@H](O[Si](C)(C)C(C)(C)C)[C@@H](CO[Si](C)(C)C(C)(C)C)[C@@H]2OC(C)(C)O[C@H](CC(=O)N(C)OC)[C@H]2CO[Si](C)(C)C(C)(C)C)cc1.